The fourth-order valence-corrected chi connectivity index (χ4v) is 1.80. The number of rotatable bonds is 3. The minimum atomic E-state index is -0.425. The van der Waals surface area contributed by atoms with Crippen LogP contribution in [-0.4, -0.2) is 18.1 Å². The van der Waals surface area contributed by atoms with Gasteiger partial charge in [0, 0.05) is 6.04 Å². The van der Waals surface area contributed by atoms with Crippen LogP contribution in [0.15, 0.2) is 18.2 Å². The van der Waals surface area contributed by atoms with Gasteiger partial charge in [-0.25, -0.2) is 0 Å². The topological polar surface area (TPSA) is 64.3 Å². The van der Waals surface area contributed by atoms with Crippen molar-refractivity contribution in [2.24, 2.45) is 5.73 Å². The van der Waals surface area contributed by atoms with Crippen molar-refractivity contribution in [1.29, 1.82) is 0 Å². The number of aryl methyl sites for hydroxylation is 1. The molecule has 0 bridgehead atoms. The fraction of sp³-hybridized carbons (Fsp3) is 0.462. The van der Waals surface area contributed by atoms with Gasteiger partial charge in [0.1, 0.15) is 5.75 Å². The molecule has 0 aliphatic carbocycles. The van der Waals surface area contributed by atoms with Crippen molar-refractivity contribution in [3.8, 4) is 5.75 Å². The van der Waals surface area contributed by atoms with Crippen molar-refractivity contribution in [3.63, 3.8) is 0 Å². The number of fused-ring (bicyclic) bond motifs is 1. The van der Waals surface area contributed by atoms with Gasteiger partial charge < -0.3 is 15.8 Å². The Labute approximate surface area is 101 Å². The molecule has 0 spiro atoms. The summed E-state index contributed by atoms with van der Waals surface area (Å²) < 4.78 is 5.55. The smallest absolute Gasteiger partial charge is 0.265 e. The lowest BCUT2D eigenvalue weighted by Crippen LogP contribution is -2.34. The highest BCUT2D eigenvalue weighted by atomic mass is 16.5. The Morgan fingerprint density at radius 3 is 3.00 bits per heavy atom. The monoisotopic (exact) mass is 234 g/mol. The molecule has 0 saturated heterocycles. The molecule has 2 rings (SSSR count). The molecule has 0 saturated carbocycles. The van der Waals surface area contributed by atoms with E-state index in [2.05, 4.69) is 5.32 Å². The molecule has 0 aromatic heterocycles. The number of hydrogen-bond acceptors (Lipinski definition) is 3. The lowest BCUT2D eigenvalue weighted by molar-refractivity contribution is -0.122. The minimum Gasteiger partial charge on any atom is -0.479 e. The third kappa shape index (κ3) is 2.77. The summed E-state index contributed by atoms with van der Waals surface area (Å²) in [5.41, 5.74) is 7.66. The summed E-state index contributed by atoms with van der Waals surface area (Å²) in [4.78, 5) is 11.4. The summed E-state index contributed by atoms with van der Waals surface area (Å²) in [5.74, 6) is 0.653. The number of carbonyl (C=O) groups is 1. The van der Waals surface area contributed by atoms with Crippen molar-refractivity contribution in [1.82, 2.24) is 0 Å². The lowest BCUT2D eigenvalue weighted by Gasteiger charge is -2.23. The largest absolute Gasteiger partial charge is 0.479 e. The summed E-state index contributed by atoms with van der Waals surface area (Å²) in [5, 5.41) is 2.81. The molecule has 1 amide bonds. The average molecular weight is 234 g/mol. The van der Waals surface area contributed by atoms with Gasteiger partial charge in [-0.05, 0) is 44.4 Å². The van der Waals surface area contributed by atoms with Gasteiger partial charge in [0.05, 0.1) is 5.69 Å². The van der Waals surface area contributed by atoms with Crippen LogP contribution in [0.4, 0.5) is 5.69 Å². The van der Waals surface area contributed by atoms with Crippen LogP contribution in [0.5, 0.6) is 5.75 Å². The van der Waals surface area contributed by atoms with Crippen molar-refractivity contribution < 1.29 is 9.53 Å². The van der Waals surface area contributed by atoms with E-state index in [4.69, 9.17) is 10.5 Å². The maximum Gasteiger partial charge on any atom is 0.265 e. The third-order valence-corrected chi connectivity index (χ3v) is 2.87. The van der Waals surface area contributed by atoms with Crippen molar-refractivity contribution in [2.75, 3.05) is 5.32 Å². The molecule has 0 fully saturated rings. The zero-order valence-corrected chi connectivity index (χ0v) is 10.2. The van der Waals surface area contributed by atoms with Gasteiger partial charge >= 0.3 is 0 Å². The molecule has 1 aliphatic heterocycles. The van der Waals surface area contributed by atoms with E-state index < -0.39 is 6.10 Å². The molecule has 1 aliphatic rings. The van der Waals surface area contributed by atoms with E-state index in [-0.39, 0.29) is 11.9 Å². The highest BCUT2D eigenvalue weighted by molar-refractivity contribution is 5.97. The fourth-order valence-electron chi connectivity index (χ4n) is 1.80. The molecule has 3 N–H and O–H groups in total. The molecule has 4 heteroatoms. The van der Waals surface area contributed by atoms with Gasteiger partial charge in [-0.15, -0.1) is 0 Å². The lowest BCUT2D eigenvalue weighted by atomic mass is 10.0. The van der Waals surface area contributed by atoms with Gasteiger partial charge in [0.25, 0.3) is 5.91 Å². The molecular formula is C13H18N2O2. The van der Waals surface area contributed by atoms with Crippen LogP contribution in [0.2, 0.25) is 0 Å². The molecule has 1 heterocycles. The van der Waals surface area contributed by atoms with Gasteiger partial charge in [-0.2, -0.15) is 0 Å². The summed E-state index contributed by atoms with van der Waals surface area (Å²) in [6.07, 6.45) is 1.45. The van der Waals surface area contributed by atoms with E-state index in [1.807, 2.05) is 25.1 Å². The van der Waals surface area contributed by atoms with Crippen LogP contribution in [0, 0.1) is 0 Å². The number of hydrogen-bond donors (Lipinski definition) is 2. The first-order valence-electron chi connectivity index (χ1n) is 5.92. The summed E-state index contributed by atoms with van der Waals surface area (Å²) >= 11 is 0. The number of carbonyl (C=O) groups excluding carboxylic acids is 1. The van der Waals surface area contributed by atoms with E-state index in [1.165, 1.54) is 5.56 Å². The van der Waals surface area contributed by atoms with Crippen molar-refractivity contribution in [3.05, 3.63) is 23.8 Å². The van der Waals surface area contributed by atoms with Crippen LogP contribution in [0.25, 0.3) is 0 Å². The van der Waals surface area contributed by atoms with Crippen LogP contribution < -0.4 is 15.8 Å². The van der Waals surface area contributed by atoms with E-state index in [9.17, 15) is 4.79 Å². The zero-order valence-electron chi connectivity index (χ0n) is 10.2. The summed E-state index contributed by atoms with van der Waals surface area (Å²) in [6, 6.07) is 6.06. The number of nitrogens with one attached hydrogen (secondary N) is 1. The molecule has 92 valence electrons. The molecule has 17 heavy (non-hydrogen) atoms. The predicted octanol–water partition coefficient (Wildman–Crippen LogP) is 1.69. The van der Waals surface area contributed by atoms with Crippen molar-refractivity contribution >= 4 is 11.6 Å². The van der Waals surface area contributed by atoms with Crippen LogP contribution in [0.1, 0.15) is 25.8 Å². The second-order valence-corrected chi connectivity index (χ2v) is 4.60. The average Bonchev–Trinajstić information content (AvgIpc) is 2.28. The van der Waals surface area contributed by atoms with Gasteiger partial charge in [-0.3, -0.25) is 4.79 Å². The summed E-state index contributed by atoms with van der Waals surface area (Å²) in [7, 11) is 0. The Bertz CT molecular complexity index is 429. The Kier molecular flexibility index (Phi) is 3.33. The highest BCUT2D eigenvalue weighted by Crippen LogP contribution is 2.30. The standard InChI is InChI=1S/C13H18N2O2/c1-8(14)3-4-10-5-6-11-12(7-10)17-9(2)13(16)15-11/h5-9H,3-4,14H2,1-2H3,(H,15,16). The first kappa shape index (κ1) is 11.9. The Balaban J connectivity index is 2.14. The van der Waals surface area contributed by atoms with E-state index in [0.29, 0.717) is 0 Å². The summed E-state index contributed by atoms with van der Waals surface area (Å²) in [6.45, 7) is 3.74. The molecule has 1 aromatic rings. The Morgan fingerprint density at radius 1 is 1.53 bits per heavy atom. The second kappa shape index (κ2) is 4.75. The SMILES string of the molecule is CC(N)CCc1ccc2c(c1)OC(C)C(=O)N2. The molecule has 1 aromatic carbocycles. The Morgan fingerprint density at radius 2 is 2.29 bits per heavy atom. The second-order valence-electron chi connectivity index (χ2n) is 4.60. The van der Waals surface area contributed by atoms with Crippen molar-refractivity contribution in [2.45, 2.75) is 38.8 Å². The predicted molar refractivity (Wildman–Crippen MR) is 67.1 cm³/mol. The number of amides is 1. The first-order valence-corrected chi connectivity index (χ1v) is 5.92. The normalized spacial score (nSPS) is 20.2. The molecule has 2 unspecified atom stereocenters. The number of benzene rings is 1. The highest BCUT2D eigenvalue weighted by Gasteiger charge is 2.23. The maximum atomic E-state index is 11.4. The quantitative estimate of drug-likeness (QED) is 0.836. The molecular weight excluding hydrogens is 216 g/mol. The number of ether oxygens (including phenoxy) is 1. The van der Waals surface area contributed by atoms with Crippen LogP contribution in [-0.2, 0) is 11.2 Å². The Hall–Kier alpha value is -1.55. The minimum absolute atomic E-state index is 0.0965. The molecule has 4 nitrogen and oxygen atoms in total. The van der Waals surface area contributed by atoms with Crippen LogP contribution >= 0.6 is 0 Å². The maximum absolute atomic E-state index is 11.4. The first-order chi connectivity index (χ1) is 8.06. The number of anilines is 1. The van der Waals surface area contributed by atoms with Gasteiger partial charge in [0.2, 0.25) is 0 Å². The van der Waals surface area contributed by atoms with E-state index >= 15 is 0 Å². The number of nitrogens with two attached hydrogens (primary N) is 1. The third-order valence-electron chi connectivity index (χ3n) is 2.87. The van der Waals surface area contributed by atoms with E-state index in [0.717, 1.165) is 24.3 Å². The van der Waals surface area contributed by atoms with Crippen LogP contribution in [0.3, 0.4) is 0 Å². The van der Waals surface area contributed by atoms with E-state index in [1.54, 1.807) is 6.92 Å². The van der Waals surface area contributed by atoms with Gasteiger partial charge in [0.15, 0.2) is 6.10 Å². The molecule has 2 atom stereocenters. The zero-order chi connectivity index (χ0) is 12.4. The van der Waals surface area contributed by atoms with Gasteiger partial charge in [-0.1, -0.05) is 6.07 Å². The molecule has 0 radical (unpaired) electrons.